The first-order chi connectivity index (χ1) is 13.1. The molecule has 0 unspecified atom stereocenters. The maximum Gasteiger partial charge on any atom is 0.315 e. The molecule has 1 saturated carbocycles. The van der Waals surface area contributed by atoms with Crippen LogP contribution in [0.5, 0.6) is 0 Å². The highest BCUT2D eigenvalue weighted by atomic mass is 19.1. The fourth-order valence-corrected chi connectivity index (χ4v) is 4.08. The Balaban J connectivity index is 1.29. The molecule has 2 amide bonds. The minimum atomic E-state index is -0.214. The number of nitrogens with one attached hydrogen (secondary N) is 2. The van der Waals surface area contributed by atoms with E-state index in [0.29, 0.717) is 25.2 Å². The minimum Gasteiger partial charge on any atom is -0.376 e. The van der Waals surface area contributed by atoms with Crippen molar-refractivity contribution >= 4 is 11.7 Å². The lowest BCUT2D eigenvalue weighted by Gasteiger charge is -2.34. The number of ether oxygens (including phenoxy) is 1. The van der Waals surface area contributed by atoms with Gasteiger partial charge in [0, 0.05) is 31.4 Å². The van der Waals surface area contributed by atoms with Gasteiger partial charge < -0.3 is 20.3 Å². The molecular weight excluding hydrogens is 345 g/mol. The standard InChI is InChI=1S/C21H32FN3O2/c1-16-4-2-3-5-20(16)27-15-12-23-21(26)24-18-10-13-25(14-11-18)19-8-6-17(22)7-9-19/h6-9,16,18,20H,2-5,10-15H2,1H3,(H2,23,24,26)/t16-,20-/m1/s1. The molecule has 0 bridgehead atoms. The van der Waals surface area contributed by atoms with Crippen LogP contribution in [-0.2, 0) is 4.74 Å². The summed E-state index contributed by atoms with van der Waals surface area (Å²) in [5.74, 6) is 0.410. The summed E-state index contributed by atoms with van der Waals surface area (Å²) in [6, 6.07) is 6.66. The van der Waals surface area contributed by atoms with E-state index in [1.807, 2.05) is 12.1 Å². The Hall–Kier alpha value is -1.82. The lowest BCUT2D eigenvalue weighted by Crippen LogP contribution is -2.48. The molecule has 6 heteroatoms. The summed E-state index contributed by atoms with van der Waals surface area (Å²) in [5.41, 5.74) is 1.04. The molecule has 0 spiro atoms. The van der Waals surface area contributed by atoms with Gasteiger partial charge in [-0.15, -0.1) is 0 Å². The monoisotopic (exact) mass is 377 g/mol. The molecule has 1 saturated heterocycles. The summed E-state index contributed by atoms with van der Waals surface area (Å²) in [5, 5.41) is 5.96. The molecule has 2 atom stereocenters. The van der Waals surface area contributed by atoms with Gasteiger partial charge in [0.2, 0.25) is 0 Å². The average molecular weight is 378 g/mol. The fourth-order valence-electron chi connectivity index (χ4n) is 4.08. The lowest BCUT2D eigenvalue weighted by molar-refractivity contribution is -0.00245. The van der Waals surface area contributed by atoms with Gasteiger partial charge in [0.1, 0.15) is 5.82 Å². The topological polar surface area (TPSA) is 53.6 Å². The SMILES string of the molecule is C[C@@H]1CCCC[C@H]1OCCNC(=O)NC1CCN(c2ccc(F)cc2)CC1. The quantitative estimate of drug-likeness (QED) is 0.744. The van der Waals surface area contributed by atoms with Crippen molar-refractivity contribution in [3.8, 4) is 0 Å². The number of rotatable bonds is 6. The molecule has 2 aliphatic rings. The number of carbonyl (C=O) groups excluding carboxylic acids is 1. The van der Waals surface area contributed by atoms with Crippen LogP contribution < -0.4 is 15.5 Å². The maximum atomic E-state index is 13.0. The first kappa shape index (κ1) is 19.9. The number of urea groups is 1. The summed E-state index contributed by atoms with van der Waals surface area (Å²) in [6.07, 6.45) is 7.07. The second-order valence-corrected chi connectivity index (χ2v) is 7.81. The highest BCUT2D eigenvalue weighted by molar-refractivity contribution is 5.74. The number of anilines is 1. The predicted octanol–water partition coefficient (Wildman–Crippen LogP) is 3.69. The zero-order valence-corrected chi connectivity index (χ0v) is 16.3. The molecule has 27 heavy (non-hydrogen) atoms. The average Bonchev–Trinajstić information content (AvgIpc) is 2.68. The lowest BCUT2D eigenvalue weighted by atomic mass is 9.88. The normalized spacial score (nSPS) is 23.9. The van der Waals surface area contributed by atoms with Crippen molar-refractivity contribution in [3.63, 3.8) is 0 Å². The highest BCUT2D eigenvalue weighted by Gasteiger charge is 2.22. The molecule has 0 aromatic heterocycles. The van der Waals surface area contributed by atoms with E-state index < -0.39 is 0 Å². The van der Waals surface area contributed by atoms with Crippen molar-refractivity contribution in [1.29, 1.82) is 0 Å². The van der Waals surface area contributed by atoms with Crippen LogP contribution in [0.3, 0.4) is 0 Å². The molecule has 1 heterocycles. The summed E-state index contributed by atoms with van der Waals surface area (Å²) < 4.78 is 19.0. The van der Waals surface area contributed by atoms with Gasteiger partial charge in [0.15, 0.2) is 0 Å². The van der Waals surface area contributed by atoms with Crippen LogP contribution >= 0.6 is 0 Å². The Labute approximate surface area is 161 Å². The predicted molar refractivity (Wildman–Crippen MR) is 106 cm³/mol. The van der Waals surface area contributed by atoms with Gasteiger partial charge in [-0.1, -0.05) is 19.8 Å². The number of benzene rings is 1. The number of piperidine rings is 1. The zero-order valence-electron chi connectivity index (χ0n) is 16.3. The fraction of sp³-hybridized carbons (Fsp3) is 0.667. The molecule has 150 valence electrons. The van der Waals surface area contributed by atoms with Gasteiger partial charge in [0.25, 0.3) is 0 Å². The third kappa shape index (κ3) is 6.09. The van der Waals surface area contributed by atoms with E-state index in [9.17, 15) is 9.18 Å². The van der Waals surface area contributed by atoms with Crippen LogP contribution in [0.25, 0.3) is 0 Å². The largest absolute Gasteiger partial charge is 0.376 e. The second-order valence-electron chi connectivity index (χ2n) is 7.81. The molecule has 1 aliphatic carbocycles. The Morgan fingerprint density at radius 3 is 2.56 bits per heavy atom. The molecule has 1 aromatic rings. The van der Waals surface area contributed by atoms with Crippen molar-refractivity contribution in [2.75, 3.05) is 31.1 Å². The van der Waals surface area contributed by atoms with Gasteiger partial charge in [-0.2, -0.15) is 0 Å². The van der Waals surface area contributed by atoms with Gasteiger partial charge in [-0.25, -0.2) is 9.18 Å². The summed E-state index contributed by atoms with van der Waals surface area (Å²) in [4.78, 5) is 14.3. The Morgan fingerprint density at radius 2 is 1.85 bits per heavy atom. The van der Waals surface area contributed by atoms with E-state index in [1.165, 1.54) is 31.4 Å². The smallest absolute Gasteiger partial charge is 0.315 e. The number of hydrogen-bond donors (Lipinski definition) is 2. The highest BCUT2D eigenvalue weighted by Crippen LogP contribution is 2.26. The third-order valence-corrected chi connectivity index (χ3v) is 5.77. The number of nitrogens with zero attached hydrogens (tertiary/aromatic N) is 1. The van der Waals surface area contributed by atoms with Crippen molar-refractivity contribution in [2.24, 2.45) is 5.92 Å². The van der Waals surface area contributed by atoms with Crippen LogP contribution in [0, 0.1) is 11.7 Å². The number of carbonyl (C=O) groups is 1. The van der Waals surface area contributed by atoms with Crippen molar-refractivity contribution in [1.82, 2.24) is 10.6 Å². The van der Waals surface area contributed by atoms with Crippen LogP contribution in [0.2, 0.25) is 0 Å². The van der Waals surface area contributed by atoms with E-state index in [2.05, 4.69) is 22.5 Å². The molecule has 2 N–H and O–H groups in total. The third-order valence-electron chi connectivity index (χ3n) is 5.77. The van der Waals surface area contributed by atoms with Gasteiger partial charge in [-0.05, 0) is 55.9 Å². The Bertz CT molecular complexity index is 588. The molecule has 3 rings (SSSR count). The van der Waals surface area contributed by atoms with Crippen molar-refractivity contribution < 1.29 is 13.9 Å². The minimum absolute atomic E-state index is 0.115. The first-order valence-corrected chi connectivity index (χ1v) is 10.3. The number of amides is 2. The molecule has 5 nitrogen and oxygen atoms in total. The van der Waals surface area contributed by atoms with Crippen LogP contribution in [0.15, 0.2) is 24.3 Å². The first-order valence-electron chi connectivity index (χ1n) is 10.3. The maximum absolute atomic E-state index is 13.0. The molecule has 0 radical (unpaired) electrons. The number of halogens is 1. The Morgan fingerprint density at radius 1 is 1.15 bits per heavy atom. The van der Waals surface area contributed by atoms with E-state index in [0.717, 1.165) is 38.0 Å². The van der Waals surface area contributed by atoms with E-state index in [-0.39, 0.29) is 17.9 Å². The van der Waals surface area contributed by atoms with Gasteiger partial charge in [0.05, 0.1) is 12.7 Å². The van der Waals surface area contributed by atoms with Crippen molar-refractivity contribution in [2.45, 2.75) is 57.6 Å². The van der Waals surface area contributed by atoms with Crippen LogP contribution in [0.4, 0.5) is 14.9 Å². The van der Waals surface area contributed by atoms with Gasteiger partial charge >= 0.3 is 6.03 Å². The van der Waals surface area contributed by atoms with E-state index in [4.69, 9.17) is 4.74 Å². The summed E-state index contributed by atoms with van der Waals surface area (Å²) in [7, 11) is 0. The summed E-state index contributed by atoms with van der Waals surface area (Å²) in [6.45, 7) is 5.09. The van der Waals surface area contributed by atoms with Crippen molar-refractivity contribution in [3.05, 3.63) is 30.1 Å². The number of hydrogen-bond acceptors (Lipinski definition) is 3. The van der Waals surface area contributed by atoms with E-state index in [1.54, 1.807) is 0 Å². The van der Waals surface area contributed by atoms with E-state index >= 15 is 0 Å². The molecule has 1 aromatic carbocycles. The van der Waals surface area contributed by atoms with Crippen LogP contribution in [0.1, 0.15) is 45.4 Å². The zero-order chi connectivity index (χ0) is 19.1. The van der Waals surface area contributed by atoms with Crippen LogP contribution in [-0.4, -0.2) is 44.4 Å². The molecular formula is C21H32FN3O2. The second kappa shape index (κ2) is 9.93. The Kier molecular flexibility index (Phi) is 7.33. The summed E-state index contributed by atoms with van der Waals surface area (Å²) >= 11 is 0. The van der Waals surface area contributed by atoms with Gasteiger partial charge in [-0.3, -0.25) is 0 Å². The molecule has 2 fully saturated rings. The molecule has 1 aliphatic heterocycles.